The molecule has 0 fully saturated rings. The topological polar surface area (TPSA) is 46.2 Å². The van der Waals surface area contributed by atoms with Crippen LogP contribution in [0.2, 0.25) is 0 Å². The van der Waals surface area contributed by atoms with Crippen molar-refractivity contribution in [1.29, 1.82) is 0 Å². The molecule has 0 aliphatic heterocycles. The maximum Gasteiger partial charge on any atom is 0.167 e. The Morgan fingerprint density at radius 3 is 2.58 bits per heavy atom. The Morgan fingerprint density at radius 2 is 2.08 bits per heavy atom. The SMILES string of the molecule is NCc1c(O)c(Br)cc(F)c1F. The van der Waals surface area contributed by atoms with Crippen molar-refractivity contribution in [3.05, 3.63) is 27.7 Å². The molecule has 0 saturated heterocycles. The lowest BCUT2D eigenvalue weighted by Gasteiger charge is -2.05. The Bertz CT molecular complexity index is 291. The highest BCUT2D eigenvalue weighted by Crippen LogP contribution is 2.31. The zero-order chi connectivity index (χ0) is 9.30. The van der Waals surface area contributed by atoms with Gasteiger partial charge >= 0.3 is 0 Å². The first kappa shape index (κ1) is 9.41. The molecule has 1 aromatic rings. The van der Waals surface area contributed by atoms with E-state index < -0.39 is 11.6 Å². The second-order valence-corrected chi connectivity index (χ2v) is 3.04. The molecule has 3 N–H and O–H groups in total. The molecule has 66 valence electrons. The second-order valence-electron chi connectivity index (χ2n) is 2.19. The van der Waals surface area contributed by atoms with Crippen LogP contribution in [0.15, 0.2) is 10.5 Å². The number of aromatic hydroxyl groups is 1. The van der Waals surface area contributed by atoms with Gasteiger partial charge in [0.2, 0.25) is 0 Å². The lowest BCUT2D eigenvalue weighted by Crippen LogP contribution is -2.02. The van der Waals surface area contributed by atoms with Crippen LogP contribution in [0.1, 0.15) is 5.56 Å². The van der Waals surface area contributed by atoms with Gasteiger partial charge in [-0.05, 0) is 22.0 Å². The minimum absolute atomic E-state index is 0.0989. The molecular formula is C7H6BrF2NO. The summed E-state index contributed by atoms with van der Waals surface area (Å²) in [6, 6.07) is 0.851. The van der Waals surface area contributed by atoms with Crippen LogP contribution >= 0.6 is 15.9 Å². The predicted molar refractivity (Wildman–Crippen MR) is 43.6 cm³/mol. The van der Waals surface area contributed by atoms with Crippen LogP contribution in [-0.4, -0.2) is 5.11 Å². The van der Waals surface area contributed by atoms with Gasteiger partial charge in [-0.2, -0.15) is 0 Å². The van der Waals surface area contributed by atoms with Gasteiger partial charge in [0, 0.05) is 12.1 Å². The first-order valence-corrected chi connectivity index (χ1v) is 3.92. The molecule has 0 bridgehead atoms. The number of phenolic OH excluding ortho intramolecular Hbond substituents is 1. The Labute approximate surface area is 76.1 Å². The van der Waals surface area contributed by atoms with E-state index in [0.717, 1.165) is 6.07 Å². The largest absolute Gasteiger partial charge is 0.506 e. The molecule has 2 nitrogen and oxygen atoms in total. The summed E-state index contributed by atoms with van der Waals surface area (Å²) >= 11 is 2.86. The van der Waals surface area contributed by atoms with Crippen LogP contribution < -0.4 is 5.73 Å². The van der Waals surface area contributed by atoms with E-state index >= 15 is 0 Å². The number of hydrogen-bond donors (Lipinski definition) is 2. The normalized spacial score (nSPS) is 10.3. The maximum absolute atomic E-state index is 12.8. The summed E-state index contributed by atoms with van der Waals surface area (Å²) in [4.78, 5) is 0. The van der Waals surface area contributed by atoms with Crippen LogP contribution in [0.5, 0.6) is 5.75 Å². The zero-order valence-corrected chi connectivity index (χ0v) is 7.53. The van der Waals surface area contributed by atoms with Gasteiger partial charge in [-0.25, -0.2) is 8.78 Å². The van der Waals surface area contributed by atoms with E-state index in [1.807, 2.05) is 0 Å². The minimum atomic E-state index is -1.10. The van der Waals surface area contributed by atoms with Crippen molar-refractivity contribution in [3.63, 3.8) is 0 Å². The third kappa shape index (κ3) is 1.42. The molecule has 12 heavy (non-hydrogen) atoms. The van der Waals surface area contributed by atoms with E-state index in [1.165, 1.54) is 0 Å². The van der Waals surface area contributed by atoms with Gasteiger partial charge in [0.1, 0.15) is 5.75 Å². The van der Waals surface area contributed by atoms with E-state index in [4.69, 9.17) is 10.8 Å². The molecule has 5 heteroatoms. The lowest BCUT2D eigenvalue weighted by atomic mass is 10.2. The molecule has 0 spiro atoms. The van der Waals surface area contributed by atoms with E-state index in [9.17, 15) is 8.78 Å². The summed E-state index contributed by atoms with van der Waals surface area (Å²) in [5.74, 6) is -2.48. The number of nitrogens with two attached hydrogens (primary N) is 1. The molecule has 0 saturated carbocycles. The summed E-state index contributed by atoms with van der Waals surface area (Å²) < 4.78 is 25.5. The van der Waals surface area contributed by atoms with Gasteiger partial charge in [0.25, 0.3) is 0 Å². The van der Waals surface area contributed by atoms with Crippen molar-refractivity contribution in [2.24, 2.45) is 5.73 Å². The number of phenols is 1. The van der Waals surface area contributed by atoms with Gasteiger partial charge in [-0.3, -0.25) is 0 Å². The van der Waals surface area contributed by atoms with Crippen LogP contribution in [0.4, 0.5) is 8.78 Å². The van der Waals surface area contributed by atoms with Crippen molar-refractivity contribution in [3.8, 4) is 5.75 Å². The second kappa shape index (κ2) is 3.37. The van der Waals surface area contributed by atoms with Gasteiger partial charge < -0.3 is 10.8 Å². The first-order valence-electron chi connectivity index (χ1n) is 3.13. The molecule has 0 aliphatic rings. The summed E-state index contributed by atoms with van der Waals surface area (Å²) in [5.41, 5.74) is 4.88. The number of rotatable bonds is 1. The molecule has 0 heterocycles. The van der Waals surface area contributed by atoms with E-state index in [-0.39, 0.29) is 22.3 Å². The minimum Gasteiger partial charge on any atom is -0.506 e. The molecular weight excluding hydrogens is 232 g/mol. The molecule has 0 aromatic heterocycles. The monoisotopic (exact) mass is 237 g/mol. The predicted octanol–water partition coefficient (Wildman–Crippen LogP) is 1.89. The Kier molecular flexibility index (Phi) is 2.64. The number of halogens is 3. The van der Waals surface area contributed by atoms with E-state index in [2.05, 4.69) is 15.9 Å². The first-order chi connectivity index (χ1) is 5.57. The third-order valence-electron chi connectivity index (χ3n) is 1.44. The number of benzene rings is 1. The van der Waals surface area contributed by atoms with Crippen LogP contribution in [0.25, 0.3) is 0 Å². The third-order valence-corrected chi connectivity index (χ3v) is 2.05. The van der Waals surface area contributed by atoms with Crippen LogP contribution in [0, 0.1) is 11.6 Å². The zero-order valence-electron chi connectivity index (χ0n) is 5.94. The highest BCUT2D eigenvalue weighted by atomic mass is 79.9. The van der Waals surface area contributed by atoms with Gasteiger partial charge in [0.05, 0.1) is 4.47 Å². The van der Waals surface area contributed by atoms with Crippen molar-refractivity contribution >= 4 is 15.9 Å². The molecule has 0 radical (unpaired) electrons. The fourth-order valence-corrected chi connectivity index (χ4v) is 1.26. The van der Waals surface area contributed by atoms with Gasteiger partial charge in [0.15, 0.2) is 11.6 Å². The van der Waals surface area contributed by atoms with Crippen molar-refractivity contribution in [2.45, 2.75) is 6.54 Å². The Morgan fingerprint density at radius 1 is 1.50 bits per heavy atom. The fourth-order valence-electron chi connectivity index (χ4n) is 0.822. The number of hydrogen-bond acceptors (Lipinski definition) is 2. The molecule has 1 aromatic carbocycles. The molecule has 0 unspecified atom stereocenters. The summed E-state index contributed by atoms with van der Waals surface area (Å²) in [5, 5.41) is 9.17. The average Bonchev–Trinajstić information content (AvgIpc) is 2.02. The standard InChI is InChI=1S/C7H6BrF2NO/c8-4-1-5(9)6(10)3(2-11)7(4)12/h1,12H,2,11H2. The van der Waals surface area contributed by atoms with Crippen LogP contribution in [-0.2, 0) is 6.54 Å². The van der Waals surface area contributed by atoms with E-state index in [1.54, 1.807) is 0 Å². The summed E-state index contributed by atoms with van der Waals surface area (Å²) in [6.45, 7) is -0.242. The molecule has 0 atom stereocenters. The van der Waals surface area contributed by atoms with Crippen molar-refractivity contribution in [2.75, 3.05) is 0 Å². The van der Waals surface area contributed by atoms with Crippen LogP contribution in [0.3, 0.4) is 0 Å². The fraction of sp³-hybridized carbons (Fsp3) is 0.143. The Balaban J connectivity index is 3.42. The lowest BCUT2D eigenvalue weighted by molar-refractivity contribution is 0.438. The summed E-state index contributed by atoms with van der Waals surface area (Å²) in [6.07, 6.45) is 0. The molecule has 1 rings (SSSR count). The van der Waals surface area contributed by atoms with Gasteiger partial charge in [-0.15, -0.1) is 0 Å². The van der Waals surface area contributed by atoms with Crippen molar-refractivity contribution in [1.82, 2.24) is 0 Å². The average molecular weight is 238 g/mol. The smallest absolute Gasteiger partial charge is 0.167 e. The highest BCUT2D eigenvalue weighted by molar-refractivity contribution is 9.10. The molecule has 0 aliphatic carbocycles. The maximum atomic E-state index is 12.8. The summed E-state index contributed by atoms with van der Waals surface area (Å²) in [7, 11) is 0. The highest BCUT2D eigenvalue weighted by Gasteiger charge is 2.14. The van der Waals surface area contributed by atoms with Crippen molar-refractivity contribution < 1.29 is 13.9 Å². The van der Waals surface area contributed by atoms with E-state index in [0.29, 0.717) is 0 Å². The quantitative estimate of drug-likeness (QED) is 0.734. The molecule has 0 amide bonds. The van der Waals surface area contributed by atoms with Gasteiger partial charge in [-0.1, -0.05) is 0 Å². The Hall–Kier alpha value is -0.680.